The summed E-state index contributed by atoms with van der Waals surface area (Å²) in [6, 6.07) is 15.1. The maximum atomic E-state index is 12.9. The van der Waals surface area contributed by atoms with Crippen molar-refractivity contribution >= 4 is 35.8 Å². The van der Waals surface area contributed by atoms with Gasteiger partial charge in [0.05, 0.1) is 12.1 Å². The van der Waals surface area contributed by atoms with Crippen molar-refractivity contribution in [3.05, 3.63) is 71.8 Å². The highest BCUT2D eigenvalue weighted by molar-refractivity contribution is 5.94. The second kappa shape index (κ2) is 18.8. The van der Waals surface area contributed by atoms with E-state index in [9.17, 15) is 39.4 Å². The lowest BCUT2D eigenvalue weighted by Crippen LogP contribution is -2.67. The van der Waals surface area contributed by atoms with E-state index in [1.165, 1.54) is 0 Å². The molecular weight excluding hydrogens is 690 g/mol. The normalized spacial score (nSPS) is 27.8. The molecule has 1 saturated carbocycles. The van der Waals surface area contributed by atoms with Gasteiger partial charge in [-0.05, 0) is 17.5 Å². The van der Waals surface area contributed by atoms with Crippen molar-refractivity contribution in [1.29, 1.82) is 0 Å². The van der Waals surface area contributed by atoms with Gasteiger partial charge in [-0.2, -0.15) is 0 Å². The number of benzene rings is 2. The monoisotopic (exact) mass is 731 g/mol. The van der Waals surface area contributed by atoms with E-state index in [4.69, 9.17) is 33.2 Å². The number of hydrogen-bond donors (Lipinski definition) is 5. The fraction of sp³-hybridized carbons (Fsp3) is 0.471. The number of aliphatic hydroxyl groups excluding tert-OH is 2. The predicted molar refractivity (Wildman–Crippen MR) is 174 cm³/mol. The van der Waals surface area contributed by atoms with Crippen LogP contribution < -0.4 is 10.6 Å². The molecule has 0 radical (unpaired) electrons. The zero-order valence-corrected chi connectivity index (χ0v) is 28.5. The zero-order chi connectivity index (χ0) is 37.8. The van der Waals surface area contributed by atoms with Gasteiger partial charge in [0.2, 0.25) is 6.29 Å². The average molecular weight is 732 g/mol. The van der Waals surface area contributed by atoms with E-state index in [0.29, 0.717) is 11.1 Å². The number of carbonyl (C=O) groups excluding carboxylic acids is 5. The third-order valence-corrected chi connectivity index (χ3v) is 7.98. The quantitative estimate of drug-likeness (QED) is 0.0887. The molecule has 4 rings (SSSR count). The maximum absolute atomic E-state index is 12.9. The van der Waals surface area contributed by atoms with Crippen LogP contribution in [0.1, 0.15) is 38.3 Å². The Morgan fingerprint density at radius 2 is 1.23 bits per heavy atom. The molecule has 1 unspecified atom stereocenters. The van der Waals surface area contributed by atoms with E-state index in [-0.39, 0.29) is 19.6 Å². The number of hydrogen-bond acceptors (Lipinski definition) is 16. The molecule has 18 heteroatoms. The molecule has 52 heavy (non-hydrogen) atoms. The summed E-state index contributed by atoms with van der Waals surface area (Å²) in [4.78, 5) is 61.5. The highest BCUT2D eigenvalue weighted by atomic mass is 16.7. The van der Waals surface area contributed by atoms with Crippen LogP contribution in [0.25, 0.3) is 0 Å². The van der Waals surface area contributed by atoms with Gasteiger partial charge in [-0.25, -0.2) is 9.59 Å². The van der Waals surface area contributed by atoms with Crippen molar-refractivity contribution in [2.24, 2.45) is 5.16 Å². The summed E-state index contributed by atoms with van der Waals surface area (Å²) in [6.45, 7) is 2.41. The molecule has 1 aliphatic carbocycles. The molecule has 9 atom stereocenters. The van der Waals surface area contributed by atoms with E-state index >= 15 is 0 Å². The molecule has 2 amide bonds. The molecular formula is C34H41N3O15. The van der Waals surface area contributed by atoms with Gasteiger partial charge in [-0.15, -0.1) is 0 Å². The van der Waals surface area contributed by atoms with E-state index in [0.717, 1.165) is 20.8 Å². The Hall–Kier alpha value is -5.30. The van der Waals surface area contributed by atoms with Gasteiger partial charge < -0.3 is 59.2 Å². The second-order valence-electron chi connectivity index (χ2n) is 11.9. The SMILES string of the molecule is CC(=O)OC[C@H]1O[C@H](OC2[C@@H](O)[C@H](NC(=O)OCc3ccccc3)C[C@H](NC(=O)OCc3ccccc3)[C@H]2O)/C(=N\O)[C@@H](OC(C)=O)[C@@H]1OC(C)=O. The van der Waals surface area contributed by atoms with Crippen LogP contribution in [0.15, 0.2) is 65.8 Å². The summed E-state index contributed by atoms with van der Waals surface area (Å²) in [5, 5.41) is 41.2. The van der Waals surface area contributed by atoms with Crippen LogP contribution in [0.5, 0.6) is 0 Å². The highest BCUT2D eigenvalue weighted by Crippen LogP contribution is 2.31. The average Bonchev–Trinajstić information content (AvgIpc) is 3.11. The standard InChI is InChI=1S/C34H41N3O15/c1-18(38)46-17-25-29(49-19(2)39)30(50-20(3)40)26(37-45)32(51-25)52-31-27(41)23(35-33(43)47-15-21-10-6-4-7-11-21)14-24(28(31)42)36-34(44)48-16-22-12-8-5-9-13-22/h4-13,23-25,27-32,41-42,45H,14-17H2,1-3H3,(H,35,43)(H,36,44)/b37-26-/t23-,24+,25-,27+,28-,29-,30-,31?,32-/m1/s1. The Kier molecular flexibility index (Phi) is 14.3. The number of esters is 3. The van der Waals surface area contributed by atoms with Crippen LogP contribution in [0.3, 0.4) is 0 Å². The van der Waals surface area contributed by atoms with E-state index in [2.05, 4.69) is 15.8 Å². The molecule has 1 aliphatic heterocycles. The number of nitrogens with zero attached hydrogens (tertiary/aromatic N) is 1. The number of alkyl carbamates (subject to hydrolysis) is 2. The highest BCUT2D eigenvalue weighted by Gasteiger charge is 2.53. The van der Waals surface area contributed by atoms with Gasteiger partial charge >= 0.3 is 30.1 Å². The third-order valence-electron chi connectivity index (χ3n) is 7.98. The Bertz CT molecular complexity index is 1490. The Morgan fingerprint density at radius 1 is 0.731 bits per heavy atom. The largest absolute Gasteiger partial charge is 0.463 e. The fourth-order valence-electron chi connectivity index (χ4n) is 5.62. The lowest BCUT2D eigenvalue weighted by molar-refractivity contribution is -0.255. The minimum atomic E-state index is -1.86. The molecule has 282 valence electrons. The van der Waals surface area contributed by atoms with Crippen LogP contribution >= 0.6 is 0 Å². The fourth-order valence-corrected chi connectivity index (χ4v) is 5.62. The molecule has 2 aromatic carbocycles. The van der Waals surface area contributed by atoms with Crippen LogP contribution in [0.2, 0.25) is 0 Å². The molecule has 2 fully saturated rings. The molecule has 18 nitrogen and oxygen atoms in total. The minimum absolute atomic E-state index is 0.109. The topological polar surface area (TPSA) is 247 Å². The lowest BCUT2D eigenvalue weighted by atomic mass is 9.83. The number of oxime groups is 1. The predicted octanol–water partition coefficient (Wildman–Crippen LogP) is 1.07. The Balaban J connectivity index is 1.59. The van der Waals surface area contributed by atoms with Crippen LogP contribution in [-0.2, 0) is 60.8 Å². The van der Waals surface area contributed by atoms with Crippen molar-refractivity contribution in [3.63, 3.8) is 0 Å². The zero-order valence-electron chi connectivity index (χ0n) is 28.5. The molecule has 0 aromatic heterocycles. The summed E-state index contributed by atoms with van der Waals surface area (Å²) >= 11 is 0. The Labute approximate surface area is 297 Å². The van der Waals surface area contributed by atoms with Crippen LogP contribution in [0, 0.1) is 0 Å². The number of ether oxygens (including phenoxy) is 7. The second-order valence-corrected chi connectivity index (χ2v) is 11.9. The number of amides is 2. The molecule has 5 N–H and O–H groups in total. The molecule has 0 spiro atoms. The minimum Gasteiger partial charge on any atom is -0.463 e. The summed E-state index contributed by atoms with van der Waals surface area (Å²) < 4.78 is 38.1. The van der Waals surface area contributed by atoms with Gasteiger partial charge in [0, 0.05) is 20.8 Å². The van der Waals surface area contributed by atoms with Crippen molar-refractivity contribution in [3.8, 4) is 0 Å². The van der Waals surface area contributed by atoms with Crippen molar-refractivity contribution < 1.29 is 72.6 Å². The molecule has 1 heterocycles. The van der Waals surface area contributed by atoms with Crippen molar-refractivity contribution in [2.75, 3.05) is 6.61 Å². The first-order chi connectivity index (χ1) is 24.9. The van der Waals surface area contributed by atoms with Crippen LogP contribution in [0.4, 0.5) is 9.59 Å². The van der Waals surface area contributed by atoms with Gasteiger partial charge in [0.25, 0.3) is 0 Å². The number of carbonyl (C=O) groups is 5. The smallest absolute Gasteiger partial charge is 0.407 e. The van der Waals surface area contributed by atoms with Crippen molar-refractivity contribution in [2.45, 2.75) is 95.4 Å². The number of aliphatic hydroxyl groups is 2. The molecule has 0 bridgehead atoms. The first kappa shape index (κ1) is 39.5. The van der Waals surface area contributed by atoms with Gasteiger partial charge in [0.1, 0.15) is 44.2 Å². The van der Waals surface area contributed by atoms with Crippen LogP contribution in [-0.4, -0.2) is 113 Å². The van der Waals surface area contributed by atoms with E-state index in [1.807, 2.05) is 0 Å². The van der Waals surface area contributed by atoms with E-state index in [1.54, 1.807) is 60.7 Å². The van der Waals surface area contributed by atoms with E-state index < -0.39 is 97.4 Å². The lowest BCUT2D eigenvalue weighted by Gasteiger charge is -2.46. The number of rotatable bonds is 12. The maximum Gasteiger partial charge on any atom is 0.407 e. The van der Waals surface area contributed by atoms with Gasteiger partial charge in [-0.1, -0.05) is 65.8 Å². The molecule has 1 saturated heterocycles. The first-order valence-corrected chi connectivity index (χ1v) is 16.2. The first-order valence-electron chi connectivity index (χ1n) is 16.2. The van der Waals surface area contributed by atoms with Gasteiger partial charge in [-0.3, -0.25) is 14.4 Å². The third kappa shape index (κ3) is 11.1. The van der Waals surface area contributed by atoms with Crippen molar-refractivity contribution in [1.82, 2.24) is 10.6 Å². The summed E-state index contributed by atoms with van der Waals surface area (Å²) in [5.74, 6) is -2.49. The molecule has 2 aromatic rings. The molecule has 2 aliphatic rings. The summed E-state index contributed by atoms with van der Waals surface area (Å²) in [7, 11) is 0. The summed E-state index contributed by atoms with van der Waals surface area (Å²) in [6.07, 6.45) is -13.7. The van der Waals surface area contributed by atoms with Gasteiger partial charge in [0.15, 0.2) is 17.9 Å². The Morgan fingerprint density at radius 3 is 1.67 bits per heavy atom. The summed E-state index contributed by atoms with van der Waals surface area (Å²) in [5.41, 5.74) is 0.799. The number of nitrogens with one attached hydrogen (secondary N) is 2.